The molecule has 0 radical (unpaired) electrons. The van der Waals surface area contributed by atoms with E-state index in [1.165, 1.54) is 5.69 Å². The van der Waals surface area contributed by atoms with Gasteiger partial charge in [0, 0.05) is 29.9 Å². The van der Waals surface area contributed by atoms with Gasteiger partial charge in [0.1, 0.15) is 5.78 Å². The number of para-hydroxylation sites is 1. The molecular formula is C12H14BrNO. The number of carbonyl (C=O) groups is 1. The van der Waals surface area contributed by atoms with Crippen molar-refractivity contribution in [1.29, 1.82) is 0 Å². The van der Waals surface area contributed by atoms with Crippen LogP contribution in [0.2, 0.25) is 0 Å². The minimum absolute atomic E-state index is 0.158. The molecule has 15 heavy (non-hydrogen) atoms. The predicted octanol–water partition coefficient (Wildman–Crippen LogP) is 2.86. The van der Waals surface area contributed by atoms with Gasteiger partial charge in [0.2, 0.25) is 0 Å². The molecule has 1 aromatic carbocycles. The van der Waals surface area contributed by atoms with Crippen LogP contribution in [-0.4, -0.2) is 18.9 Å². The van der Waals surface area contributed by atoms with Crippen LogP contribution in [0.15, 0.2) is 28.7 Å². The number of anilines is 1. The van der Waals surface area contributed by atoms with E-state index >= 15 is 0 Å². The summed E-state index contributed by atoms with van der Waals surface area (Å²) in [6.45, 7) is 3.68. The molecule has 0 N–H and O–H groups in total. The van der Waals surface area contributed by atoms with Gasteiger partial charge in [-0.15, -0.1) is 0 Å². The molecule has 80 valence electrons. The molecule has 0 bridgehead atoms. The number of Topliss-reactive ketones (excluding diaryl/α,β-unsaturated/α-hetero) is 1. The molecule has 1 heterocycles. The standard InChI is InChI=1S/C12H14BrNO/c1-9-8-14(7-6-12(9)15)11-5-3-2-4-10(11)13/h2-5,9H,6-8H2,1H3. The molecule has 0 saturated carbocycles. The summed E-state index contributed by atoms with van der Waals surface area (Å²) in [6.07, 6.45) is 0.669. The Bertz CT molecular complexity index is 378. The maximum atomic E-state index is 11.4. The van der Waals surface area contributed by atoms with Crippen LogP contribution in [-0.2, 0) is 4.79 Å². The number of halogens is 1. The lowest BCUT2D eigenvalue weighted by Crippen LogP contribution is -2.39. The van der Waals surface area contributed by atoms with Crippen LogP contribution >= 0.6 is 15.9 Å². The molecule has 1 aliphatic heterocycles. The molecular weight excluding hydrogens is 254 g/mol. The summed E-state index contributed by atoms with van der Waals surface area (Å²) in [6, 6.07) is 8.16. The van der Waals surface area contributed by atoms with Crippen LogP contribution < -0.4 is 4.90 Å². The number of rotatable bonds is 1. The van der Waals surface area contributed by atoms with Gasteiger partial charge in [0.15, 0.2) is 0 Å². The number of hydrogen-bond donors (Lipinski definition) is 0. The highest BCUT2D eigenvalue weighted by molar-refractivity contribution is 9.10. The van der Waals surface area contributed by atoms with E-state index in [-0.39, 0.29) is 5.92 Å². The van der Waals surface area contributed by atoms with E-state index in [1.807, 2.05) is 25.1 Å². The minimum Gasteiger partial charge on any atom is -0.369 e. The first-order valence-corrected chi connectivity index (χ1v) is 6.00. The number of nitrogens with zero attached hydrogens (tertiary/aromatic N) is 1. The Labute approximate surface area is 98.4 Å². The van der Waals surface area contributed by atoms with Crippen LogP contribution in [0.25, 0.3) is 0 Å². The highest BCUT2D eigenvalue weighted by Gasteiger charge is 2.24. The summed E-state index contributed by atoms with van der Waals surface area (Å²) in [4.78, 5) is 13.7. The Balaban J connectivity index is 2.19. The molecule has 1 unspecified atom stereocenters. The first-order chi connectivity index (χ1) is 7.18. The number of carbonyl (C=O) groups excluding carboxylic acids is 1. The molecule has 1 atom stereocenters. The van der Waals surface area contributed by atoms with E-state index in [0.29, 0.717) is 12.2 Å². The van der Waals surface area contributed by atoms with Gasteiger partial charge in [-0.3, -0.25) is 4.79 Å². The zero-order chi connectivity index (χ0) is 10.8. The van der Waals surface area contributed by atoms with E-state index in [9.17, 15) is 4.79 Å². The van der Waals surface area contributed by atoms with Gasteiger partial charge in [0.25, 0.3) is 0 Å². The first-order valence-electron chi connectivity index (χ1n) is 5.20. The fourth-order valence-electron chi connectivity index (χ4n) is 1.94. The van der Waals surface area contributed by atoms with Crippen molar-refractivity contribution in [3.8, 4) is 0 Å². The molecule has 0 amide bonds. The van der Waals surface area contributed by atoms with E-state index in [4.69, 9.17) is 0 Å². The van der Waals surface area contributed by atoms with E-state index in [1.54, 1.807) is 0 Å². The number of ketones is 1. The second kappa shape index (κ2) is 4.35. The van der Waals surface area contributed by atoms with Gasteiger partial charge < -0.3 is 4.90 Å². The van der Waals surface area contributed by atoms with E-state index in [0.717, 1.165) is 17.6 Å². The van der Waals surface area contributed by atoms with Crippen LogP contribution in [0.1, 0.15) is 13.3 Å². The third-order valence-corrected chi connectivity index (χ3v) is 3.54. The topological polar surface area (TPSA) is 20.3 Å². The zero-order valence-electron chi connectivity index (χ0n) is 8.74. The number of hydrogen-bond acceptors (Lipinski definition) is 2. The average Bonchev–Trinajstić information content (AvgIpc) is 2.23. The molecule has 1 aliphatic rings. The molecule has 0 spiro atoms. The van der Waals surface area contributed by atoms with Crippen molar-refractivity contribution in [3.05, 3.63) is 28.7 Å². The third kappa shape index (κ3) is 2.23. The fourth-order valence-corrected chi connectivity index (χ4v) is 2.48. The van der Waals surface area contributed by atoms with Crippen molar-refractivity contribution in [2.75, 3.05) is 18.0 Å². The van der Waals surface area contributed by atoms with Gasteiger partial charge in [-0.1, -0.05) is 19.1 Å². The van der Waals surface area contributed by atoms with E-state index in [2.05, 4.69) is 26.9 Å². The monoisotopic (exact) mass is 267 g/mol. The summed E-state index contributed by atoms with van der Waals surface area (Å²) in [5.41, 5.74) is 1.19. The Morgan fingerprint density at radius 1 is 1.40 bits per heavy atom. The van der Waals surface area contributed by atoms with Crippen molar-refractivity contribution < 1.29 is 4.79 Å². The van der Waals surface area contributed by atoms with Crippen molar-refractivity contribution >= 4 is 27.4 Å². The van der Waals surface area contributed by atoms with Gasteiger partial charge >= 0.3 is 0 Å². The minimum atomic E-state index is 0.158. The van der Waals surface area contributed by atoms with Crippen molar-refractivity contribution in [2.24, 2.45) is 5.92 Å². The normalized spacial score (nSPS) is 21.9. The summed E-state index contributed by atoms with van der Waals surface area (Å²) in [5.74, 6) is 0.546. The summed E-state index contributed by atoms with van der Waals surface area (Å²) in [7, 11) is 0. The van der Waals surface area contributed by atoms with Crippen molar-refractivity contribution in [3.63, 3.8) is 0 Å². The number of benzene rings is 1. The first kappa shape index (κ1) is 10.7. The average molecular weight is 268 g/mol. The highest BCUT2D eigenvalue weighted by Crippen LogP contribution is 2.28. The lowest BCUT2D eigenvalue weighted by atomic mass is 9.98. The third-order valence-electron chi connectivity index (χ3n) is 2.87. The maximum absolute atomic E-state index is 11.4. The summed E-state index contributed by atoms with van der Waals surface area (Å²) in [5, 5.41) is 0. The molecule has 2 rings (SSSR count). The SMILES string of the molecule is CC1CN(c2ccccc2Br)CCC1=O. The fraction of sp³-hybridized carbons (Fsp3) is 0.417. The summed E-state index contributed by atoms with van der Waals surface area (Å²) >= 11 is 3.54. The van der Waals surface area contributed by atoms with Crippen LogP contribution in [0.5, 0.6) is 0 Å². The Morgan fingerprint density at radius 3 is 2.80 bits per heavy atom. The van der Waals surface area contributed by atoms with Crippen LogP contribution in [0, 0.1) is 5.92 Å². The number of piperidine rings is 1. The molecule has 1 fully saturated rings. The summed E-state index contributed by atoms with van der Waals surface area (Å²) < 4.78 is 1.10. The lowest BCUT2D eigenvalue weighted by Gasteiger charge is -2.32. The predicted molar refractivity (Wildman–Crippen MR) is 65.1 cm³/mol. The van der Waals surface area contributed by atoms with Crippen molar-refractivity contribution in [1.82, 2.24) is 0 Å². The molecule has 0 aliphatic carbocycles. The van der Waals surface area contributed by atoms with Gasteiger partial charge in [-0.05, 0) is 28.1 Å². The smallest absolute Gasteiger partial charge is 0.139 e. The quantitative estimate of drug-likeness (QED) is 0.780. The molecule has 2 nitrogen and oxygen atoms in total. The molecule has 0 aromatic heterocycles. The van der Waals surface area contributed by atoms with Crippen LogP contribution in [0.4, 0.5) is 5.69 Å². The molecule has 1 aromatic rings. The Morgan fingerprint density at radius 2 is 2.13 bits per heavy atom. The Hall–Kier alpha value is -0.830. The van der Waals surface area contributed by atoms with Gasteiger partial charge in [-0.25, -0.2) is 0 Å². The Kier molecular flexibility index (Phi) is 3.10. The van der Waals surface area contributed by atoms with Crippen LogP contribution in [0.3, 0.4) is 0 Å². The maximum Gasteiger partial charge on any atom is 0.139 e. The largest absolute Gasteiger partial charge is 0.369 e. The van der Waals surface area contributed by atoms with Gasteiger partial charge in [0.05, 0.1) is 5.69 Å². The highest BCUT2D eigenvalue weighted by atomic mass is 79.9. The van der Waals surface area contributed by atoms with E-state index < -0.39 is 0 Å². The lowest BCUT2D eigenvalue weighted by molar-refractivity contribution is -0.122. The second-order valence-corrected chi connectivity index (χ2v) is 4.87. The molecule has 3 heteroatoms. The molecule has 1 saturated heterocycles. The zero-order valence-corrected chi connectivity index (χ0v) is 10.3. The second-order valence-electron chi connectivity index (χ2n) is 4.01. The van der Waals surface area contributed by atoms with Crippen molar-refractivity contribution in [2.45, 2.75) is 13.3 Å². The van der Waals surface area contributed by atoms with Gasteiger partial charge in [-0.2, -0.15) is 0 Å².